The summed E-state index contributed by atoms with van der Waals surface area (Å²) in [5.41, 5.74) is 27.6. The minimum Gasteiger partial charge on any atom is -0.310 e. The van der Waals surface area contributed by atoms with Crippen LogP contribution in [0.3, 0.4) is 0 Å². The summed E-state index contributed by atoms with van der Waals surface area (Å²) in [6.07, 6.45) is 0. The number of nitrogens with zero attached hydrogens (tertiary/aromatic N) is 2. The maximum Gasteiger partial charge on any atom is 0.0541 e. The second-order valence-electron chi connectivity index (χ2n) is 20.8. The third-order valence-corrected chi connectivity index (χ3v) is 15.7. The van der Waals surface area contributed by atoms with E-state index < -0.39 is 0 Å². The Morgan fingerprint density at radius 3 is 1.43 bits per heavy atom. The second kappa shape index (κ2) is 15.7. The highest BCUT2D eigenvalue weighted by Gasteiger charge is 2.37. The van der Waals surface area contributed by atoms with Gasteiger partial charge in [-0.05, 0) is 171 Å². The van der Waals surface area contributed by atoms with Crippen molar-refractivity contribution in [1.82, 2.24) is 4.57 Å². The predicted molar refractivity (Wildman–Crippen MR) is 296 cm³/mol. The number of benzene rings is 10. The Kier molecular flexibility index (Phi) is 9.39. The van der Waals surface area contributed by atoms with Crippen molar-refractivity contribution in [3.8, 4) is 61.3 Å². The van der Waals surface area contributed by atoms with Gasteiger partial charge >= 0.3 is 0 Å². The Hall–Kier alpha value is -8.20. The van der Waals surface area contributed by atoms with Crippen LogP contribution in [0.25, 0.3) is 83.1 Å². The van der Waals surface area contributed by atoms with E-state index in [1.165, 1.54) is 111 Å². The molecular formula is C68H54N2. The van der Waals surface area contributed by atoms with E-state index in [2.05, 4.69) is 269 Å². The minimum atomic E-state index is -0.102. The highest BCUT2D eigenvalue weighted by Crippen LogP contribution is 2.52. The lowest BCUT2D eigenvalue weighted by Crippen LogP contribution is -2.16. The van der Waals surface area contributed by atoms with Crippen LogP contribution in [-0.4, -0.2) is 4.57 Å². The molecule has 0 saturated heterocycles. The first-order chi connectivity index (χ1) is 34.0. The van der Waals surface area contributed by atoms with Crippen molar-refractivity contribution in [2.24, 2.45) is 0 Å². The molecule has 70 heavy (non-hydrogen) atoms. The molecule has 0 aliphatic heterocycles. The van der Waals surface area contributed by atoms with E-state index in [1.54, 1.807) is 0 Å². The molecule has 10 aromatic carbocycles. The molecule has 336 valence electrons. The summed E-state index contributed by atoms with van der Waals surface area (Å²) in [5.74, 6) is 0. The van der Waals surface area contributed by atoms with Crippen molar-refractivity contribution in [3.05, 3.63) is 252 Å². The van der Waals surface area contributed by atoms with Crippen LogP contribution in [0.2, 0.25) is 0 Å². The van der Waals surface area contributed by atoms with Gasteiger partial charge in [-0.2, -0.15) is 0 Å². The Morgan fingerprint density at radius 1 is 0.314 bits per heavy atom. The summed E-state index contributed by atoms with van der Waals surface area (Å²) in [7, 11) is 0. The van der Waals surface area contributed by atoms with E-state index in [0.717, 1.165) is 22.7 Å². The number of aryl methyl sites for hydroxylation is 2. The van der Waals surface area contributed by atoms with E-state index in [9.17, 15) is 0 Å². The Morgan fingerprint density at radius 2 is 0.743 bits per heavy atom. The van der Waals surface area contributed by atoms with Crippen LogP contribution in [0.1, 0.15) is 61.1 Å². The average Bonchev–Trinajstić information content (AvgIpc) is 3.92. The quantitative estimate of drug-likeness (QED) is 0.155. The average molecular weight is 899 g/mol. The van der Waals surface area contributed by atoms with Gasteiger partial charge in [0.2, 0.25) is 0 Å². The van der Waals surface area contributed by atoms with Crippen LogP contribution < -0.4 is 4.90 Å². The largest absolute Gasteiger partial charge is 0.310 e. The second-order valence-corrected chi connectivity index (χ2v) is 20.8. The number of hydrogen-bond acceptors (Lipinski definition) is 1. The van der Waals surface area contributed by atoms with Crippen LogP contribution in [0.15, 0.2) is 218 Å². The van der Waals surface area contributed by atoms with Crippen LogP contribution in [0.4, 0.5) is 17.1 Å². The smallest absolute Gasteiger partial charge is 0.0541 e. The first-order valence-electron chi connectivity index (χ1n) is 24.7. The highest BCUT2D eigenvalue weighted by molar-refractivity contribution is 6.11. The molecule has 0 fully saturated rings. The zero-order valence-electron chi connectivity index (χ0n) is 40.7. The molecule has 13 rings (SSSR count). The van der Waals surface area contributed by atoms with Gasteiger partial charge in [-0.15, -0.1) is 0 Å². The number of aromatic nitrogens is 1. The minimum absolute atomic E-state index is 0.0531. The normalized spacial score (nSPS) is 13.8. The Labute approximate surface area is 411 Å². The highest BCUT2D eigenvalue weighted by atomic mass is 15.1. The standard InChI is InChI=1S/C68H54N2/c1-43-17-36-65-59(38-43)60-40-49(50-24-34-57-56-33-16-44(2)39-62(56)68(5,6)63(57)41-50)25-37-66(60)70(65)53-30-22-48(23-31-53)47-20-28-52(29-21-47)69(51-26-18-46(19-27-51)45-12-8-7-9-13-45)54-32-35-58-55-14-10-11-15-61(55)67(3,4)64(58)42-54/h7-42H,1-6H3. The SMILES string of the molecule is Cc1ccc2c(c1)C(C)(C)c1cc(-c3ccc4c(c3)c3cc(C)ccc3n4-c3ccc(-c4ccc(N(c5ccc(-c6ccccc6)cc5)c5ccc6c(c5)C(C)(C)c5ccccc5-6)cc4)cc3)ccc1-2. The maximum absolute atomic E-state index is 2.44. The van der Waals surface area contributed by atoms with Gasteiger partial charge < -0.3 is 9.47 Å². The zero-order chi connectivity index (χ0) is 47.5. The summed E-state index contributed by atoms with van der Waals surface area (Å²) in [5, 5.41) is 2.54. The molecule has 2 aliphatic rings. The van der Waals surface area contributed by atoms with Crippen molar-refractivity contribution in [1.29, 1.82) is 0 Å². The topological polar surface area (TPSA) is 8.17 Å². The molecule has 0 atom stereocenters. The molecule has 0 N–H and O–H groups in total. The zero-order valence-corrected chi connectivity index (χ0v) is 40.7. The molecular weight excluding hydrogens is 845 g/mol. The van der Waals surface area contributed by atoms with Crippen LogP contribution >= 0.6 is 0 Å². The van der Waals surface area contributed by atoms with Gasteiger partial charge in [0.05, 0.1) is 11.0 Å². The summed E-state index contributed by atoms with van der Waals surface area (Å²) in [4.78, 5) is 2.40. The van der Waals surface area contributed by atoms with E-state index >= 15 is 0 Å². The van der Waals surface area contributed by atoms with E-state index in [1.807, 2.05) is 0 Å². The summed E-state index contributed by atoms with van der Waals surface area (Å²) < 4.78 is 2.43. The van der Waals surface area contributed by atoms with Gasteiger partial charge in [0.25, 0.3) is 0 Å². The van der Waals surface area contributed by atoms with Crippen LogP contribution in [-0.2, 0) is 10.8 Å². The number of fused-ring (bicyclic) bond motifs is 9. The van der Waals surface area contributed by atoms with E-state index in [0.29, 0.717) is 0 Å². The fourth-order valence-electron chi connectivity index (χ4n) is 11.9. The van der Waals surface area contributed by atoms with Crippen molar-refractivity contribution in [2.75, 3.05) is 4.90 Å². The molecule has 11 aromatic rings. The summed E-state index contributed by atoms with van der Waals surface area (Å²) >= 11 is 0. The third kappa shape index (κ3) is 6.54. The molecule has 0 radical (unpaired) electrons. The van der Waals surface area contributed by atoms with E-state index in [4.69, 9.17) is 0 Å². The lowest BCUT2D eigenvalue weighted by atomic mass is 9.81. The molecule has 1 heterocycles. The molecule has 2 heteroatoms. The van der Waals surface area contributed by atoms with Crippen LogP contribution in [0.5, 0.6) is 0 Å². The molecule has 1 aromatic heterocycles. The first-order valence-corrected chi connectivity index (χ1v) is 24.7. The van der Waals surface area contributed by atoms with Gasteiger partial charge in [0.15, 0.2) is 0 Å². The molecule has 2 aliphatic carbocycles. The molecule has 0 saturated carbocycles. The molecule has 2 nitrogen and oxygen atoms in total. The fraction of sp³-hybridized carbons (Fsp3) is 0.118. The monoisotopic (exact) mass is 898 g/mol. The Balaban J connectivity index is 0.841. The van der Waals surface area contributed by atoms with Crippen molar-refractivity contribution < 1.29 is 0 Å². The third-order valence-electron chi connectivity index (χ3n) is 15.7. The van der Waals surface area contributed by atoms with Gasteiger partial charge in [-0.25, -0.2) is 0 Å². The molecule has 0 bridgehead atoms. The summed E-state index contributed by atoms with van der Waals surface area (Å²) in [6, 6.07) is 81.7. The van der Waals surface area contributed by atoms with Crippen LogP contribution in [0, 0.1) is 13.8 Å². The van der Waals surface area contributed by atoms with Gasteiger partial charge in [-0.3, -0.25) is 0 Å². The van der Waals surface area contributed by atoms with E-state index in [-0.39, 0.29) is 10.8 Å². The van der Waals surface area contributed by atoms with Crippen molar-refractivity contribution in [3.63, 3.8) is 0 Å². The predicted octanol–water partition coefficient (Wildman–Crippen LogP) is 18.5. The maximum atomic E-state index is 2.44. The van der Waals surface area contributed by atoms with Gasteiger partial charge in [0, 0.05) is 44.4 Å². The van der Waals surface area contributed by atoms with Crippen molar-refractivity contribution in [2.45, 2.75) is 52.4 Å². The van der Waals surface area contributed by atoms with Gasteiger partial charge in [-0.1, -0.05) is 178 Å². The van der Waals surface area contributed by atoms with Crippen molar-refractivity contribution >= 4 is 38.9 Å². The molecule has 0 spiro atoms. The van der Waals surface area contributed by atoms with Gasteiger partial charge in [0.1, 0.15) is 0 Å². The summed E-state index contributed by atoms with van der Waals surface area (Å²) in [6.45, 7) is 13.8. The number of anilines is 3. The molecule has 0 amide bonds. The molecule has 0 unspecified atom stereocenters. The number of hydrogen-bond donors (Lipinski definition) is 0. The fourth-order valence-corrected chi connectivity index (χ4v) is 11.9. The lowest BCUT2D eigenvalue weighted by Gasteiger charge is -2.28. The number of rotatable bonds is 7. The first kappa shape index (κ1) is 41.9. The lowest BCUT2D eigenvalue weighted by molar-refractivity contribution is 0.660. The Bertz CT molecular complexity index is 3870.